The molecule has 0 unspecified atom stereocenters. The van der Waals surface area contributed by atoms with Crippen LogP contribution in [-0.2, 0) is 9.53 Å². The van der Waals surface area contributed by atoms with Crippen molar-refractivity contribution in [2.45, 2.75) is 22.9 Å². The second-order valence-electron chi connectivity index (χ2n) is 3.52. The molecule has 0 spiro atoms. The van der Waals surface area contributed by atoms with Crippen molar-refractivity contribution < 1.29 is 14.6 Å². The van der Waals surface area contributed by atoms with E-state index in [0.717, 1.165) is 6.42 Å². The molecule has 3 nitrogen and oxygen atoms in total. The van der Waals surface area contributed by atoms with Crippen LogP contribution in [0.1, 0.15) is 12.8 Å². The fraction of sp³-hybridized carbons (Fsp3) is 0.875. The van der Waals surface area contributed by atoms with Crippen LogP contribution in [0.3, 0.4) is 0 Å². The molecule has 2 aliphatic rings. The normalized spacial score (nSPS) is 46.0. The van der Waals surface area contributed by atoms with Crippen molar-refractivity contribution in [3.8, 4) is 0 Å². The van der Waals surface area contributed by atoms with Gasteiger partial charge in [0.05, 0.1) is 6.42 Å². The number of hydrogen-bond acceptors (Lipinski definition) is 3. The highest BCUT2D eigenvalue weighted by molar-refractivity contribution is 14.1. The number of alkyl halides is 1. The van der Waals surface area contributed by atoms with Crippen LogP contribution in [0, 0.1) is 11.8 Å². The molecule has 1 aliphatic carbocycles. The fourth-order valence-electron chi connectivity index (χ4n) is 2.18. The molecular formula is C8H11IO3. The highest BCUT2D eigenvalue weighted by Crippen LogP contribution is 2.44. The van der Waals surface area contributed by atoms with Crippen LogP contribution < -0.4 is 0 Å². The monoisotopic (exact) mass is 282 g/mol. The van der Waals surface area contributed by atoms with E-state index in [1.807, 2.05) is 0 Å². The van der Waals surface area contributed by atoms with E-state index in [0.29, 0.717) is 10.3 Å². The molecule has 1 aliphatic heterocycles. The molecule has 68 valence electrons. The van der Waals surface area contributed by atoms with Crippen LogP contribution in [0.4, 0.5) is 0 Å². The van der Waals surface area contributed by atoms with Gasteiger partial charge in [-0.1, -0.05) is 22.6 Å². The van der Waals surface area contributed by atoms with Crippen LogP contribution in [0.15, 0.2) is 0 Å². The van der Waals surface area contributed by atoms with Crippen molar-refractivity contribution in [2.75, 3.05) is 6.61 Å². The minimum atomic E-state index is -0.0928. The lowest BCUT2D eigenvalue weighted by molar-refractivity contribution is -0.141. The maximum Gasteiger partial charge on any atom is 0.306 e. The van der Waals surface area contributed by atoms with E-state index in [9.17, 15) is 4.79 Å². The molecule has 0 aromatic rings. The Morgan fingerprint density at radius 3 is 3.08 bits per heavy atom. The SMILES string of the molecule is O=C1C[C@H]2[C@H](CO)C[C@H](I)[C@H]2O1. The first-order valence-electron chi connectivity index (χ1n) is 4.16. The summed E-state index contributed by atoms with van der Waals surface area (Å²) in [5, 5.41) is 9.05. The van der Waals surface area contributed by atoms with Crippen LogP contribution in [0.25, 0.3) is 0 Å². The number of halogens is 1. The molecule has 1 saturated heterocycles. The number of fused-ring (bicyclic) bond motifs is 1. The Kier molecular flexibility index (Phi) is 2.29. The lowest BCUT2D eigenvalue weighted by Gasteiger charge is -2.12. The Morgan fingerprint density at radius 1 is 1.67 bits per heavy atom. The smallest absolute Gasteiger partial charge is 0.306 e. The molecule has 4 heteroatoms. The predicted molar refractivity (Wildman–Crippen MR) is 51.0 cm³/mol. The zero-order valence-corrected chi connectivity index (χ0v) is 8.73. The summed E-state index contributed by atoms with van der Waals surface area (Å²) in [6.07, 6.45) is 1.57. The van der Waals surface area contributed by atoms with E-state index in [2.05, 4.69) is 22.6 Å². The van der Waals surface area contributed by atoms with Gasteiger partial charge in [-0.2, -0.15) is 0 Å². The summed E-state index contributed by atoms with van der Waals surface area (Å²) in [5.41, 5.74) is 0. The zero-order chi connectivity index (χ0) is 8.72. The van der Waals surface area contributed by atoms with E-state index >= 15 is 0 Å². The summed E-state index contributed by atoms with van der Waals surface area (Å²) in [6, 6.07) is 0. The van der Waals surface area contributed by atoms with Crippen LogP contribution in [0.5, 0.6) is 0 Å². The van der Waals surface area contributed by atoms with Gasteiger partial charge in [-0.15, -0.1) is 0 Å². The topological polar surface area (TPSA) is 46.5 Å². The minimum absolute atomic E-state index is 0.0789. The molecule has 2 rings (SSSR count). The maximum absolute atomic E-state index is 11.0. The lowest BCUT2D eigenvalue weighted by Crippen LogP contribution is -2.19. The average Bonchev–Trinajstić information content (AvgIpc) is 2.52. The van der Waals surface area contributed by atoms with Crippen molar-refractivity contribution in [1.82, 2.24) is 0 Å². The Morgan fingerprint density at radius 2 is 2.42 bits per heavy atom. The van der Waals surface area contributed by atoms with Crippen molar-refractivity contribution in [3.05, 3.63) is 0 Å². The summed E-state index contributed by atoms with van der Waals surface area (Å²) in [4.78, 5) is 11.0. The molecule has 1 saturated carbocycles. The number of ether oxygens (including phenoxy) is 1. The first-order chi connectivity index (χ1) is 5.72. The number of aliphatic hydroxyl groups is 1. The fourth-order valence-corrected chi connectivity index (χ4v) is 3.51. The van der Waals surface area contributed by atoms with Gasteiger partial charge in [0.1, 0.15) is 6.10 Å². The second-order valence-corrected chi connectivity index (χ2v) is 5.12. The molecule has 4 atom stereocenters. The number of carbonyl (C=O) groups excluding carboxylic acids is 1. The predicted octanol–water partition coefficient (Wildman–Crippen LogP) is 0.734. The van der Waals surface area contributed by atoms with Crippen LogP contribution in [-0.4, -0.2) is 27.7 Å². The number of esters is 1. The summed E-state index contributed by atoms with van der Waals surface area (Å²) in [7, 11) is 0. The summed E-state index contributed by atoms with van der Waals surface area (Å²) in [6.45, 7) is 0.192. The van der Waals surface area contributed by atoms with E-state index < -0.39 is 0 Å². The Balaban J connectivity index is 2.13. The first-order valence-corrected chi connectivity index (χ1v) is 5.41. The lowest BCUT2D eigenvalue weighted by atomic mass is 9.94. The van der Waals surface area contributed by atoms with E-state index in [-0.39, 0.29) is 30.5 Å². The van der Waals surface area contributed by atoms with Crippen molar-refractivity contribution in [3.63, 3.8) is 0 Å². The quantitative estimate of drug-likeness (QED) is 0.438. The van der Waals surface area contributed by atoms with E-state index in [1.165, 1.54) is 0 Å². The molecule has 0 aromatic heterocycles. The molecule has 1 heterocycles. The van der Waals surface area contributed by atoms with Gasteiger partial charge in [0.25, 0.3) is 0 Å². The first kappa shape index (κ1) is 8.74. The molecule has 0 radical (unpaired) electrons. The Bertz CT molecular complexity index is 206. The number of aliphatic hydroxyl groups excluding tert-OH is 1. The van der Waals surface area contributed by atoms with Gasteiger partial charge in [0, 0.05) is 16.4 Å². The largest absolute Gasteiger partial charge is 0.461 e. The molecule has 0 amide bonds. The van der Waals surface area contributed by atoms with Gasteiger partial charge in [-0.05, 0) is 12.3 Å². The molecule has 1 N–H and O–H groups in total. The average molecular weight is 282 g/mol. The molecule has 2 fully saturated rings. The minimum Gasteiger partial charge on any atom is -0.461 e. The van der Waals surface area contributed by atoms with Gasteiger partial charge in [0.2, 0.25) is 0 Å². The van der Waals surface area contributed by atoms with Crippen molar-refractivity contribution in [2.24, 2.45) is 11.8 Å². The van der Waals surface area contributed by atoms with Gasteiger partial charge in [-0.25, -0.2) is 0 Å². The summed E-state index contributed by atoms with van der Waals surface area (Å²) < 4.78 is 5.57. The molecule has 0 bridgehead atoms. The Labute approximate surface area is 84.6 Å². The highest BCUT2D eigenvalue weighted by Gasteiger charge is 2.49. The third-order valence-corrected chi connectivity index (χ3v) is 4.03. The maximum atomic E-state index is 11.0. The number of carbonyl (C=O) groups is 1. The van der Waals surface area contributed by atoms with E-state index in [1.54, 1.807) is 0 Å². The van der Waals surface area contributed by atoms with Gasteiger partial charge in [-0.3, -0.25) is 4.79 Å². The van der Waals surface area contributed by atoms with E-state index in [4.69, 9.17) is 9.84 Å². The third kappa shape index (κ3) is 1.25. The zero-order valence-electron chi connectivity index (χ0n) is 6.57. The summed E-state index contributed by atoms with van der Waals surface area (Å²) in [5.74, 6) is 0.470. The van der Waals surface area contributed by atoms with Crippen LogP contribution >= 0.6 is 22.6 Å². The highest BCUT2D eigenvalue weighted by atomic mass is 127. The molecule has 12 heavy (non-hydrogen) atoms. The van der Waals surface area contributed by atoms with Crippen molar-refractivity contribution >= 4 is 28.6 Å². The second kappa shape index (κ2) is 3.14. The summed E-state index contributed by atoms with van der Waals surface area (Å²) >= 11 is 2.31. The standard InChI is InChI=1S/C8H11IO3/c9-6-1-4(3-10)5-2-7(11)12-8(5)6/h4-6,8,10H,1-3H2/t4-,5-,6-,8-/m0/s1. The third-order valence-electron chi connectivity index (χ3n) is 2.82. The van der Waals surface area contributed by atoms with Gasteiger partial charge < -0.3 is 9.84 Å². The van der Waals surface area contributed by atoms with Gasteiger partial charge in [0.15, 0.2) is 0 Å². The number of rotatable bonds is 1. The molecular weight excluding hydrogens is 271 g/mol. The molecule has 0 aromatic carbocycles. The van der Waals surface area contributed by atoms with Crippen LogP contribution in [0.2, 0.25) is 0 Å². The van der Waals surface area contributed by atoms with Gasteiger partial charge >= 0.3 is 5.97 Å². The van der Waals surface area contributed by atoms with Crippen molar-refractivity contribution in [1.29, 1.82) is 0 Å². The number of hydrogen-bond donors (Lipinski definition) is 1. The Hall–Kier alpha value is 0.160.